The number of ketones is 2. The first-order chi connectivity index (χ1) is 20.0. The Morgan fingerprint density at radius 2 is 1.90 bits per heavy atom. The number of benzene rings is 1. The molecule has 42 heavy (non-hydrogen) atoms. The summed E-state index contributed by atoms with van der Waals surface area (Å²) >= 11 is 0. The van der Waals surface area contributed by atoms with E-state index < -0.39 is 40.6 Å². The fourth-order valence-electron chi connectivity index (χ4n) is 7.97. The van der Waals surface area contributed by atoms with E-state index in [1.807, 2.05) is 49.5 Å². The summed E-state index contributed by atoms with van der Waals surface area (Å²) in [4.78, 5) is 57.2. The Bertz CT molecular complexity index is 1570. The zero-order valence-electron chi connectivity index (χ0n) is 24.7. The van der Waals surface area contributed by atoms with Crippen molar-refractivity contribution in [3.05, 3.63) is 72.0 Å². The maximum absolute atomic E-state index is 14.4. The van der Waals surface area contributed by atoms with Gasteiger partial charge in [-0.1, -0.05) is 50.3 Å². The summed E-state index contributed by atoms with van der Waals surface area (Å²) in [6, 6.07) is 7.72. The minimum Gasteiger partial charge on any atom is -0.450 e. The van der Waals surface area contributed by atoms with Crippen molar-refractivity contribution in [3.63, 3.8) is 0 Å². The van der Waals surface area contributed by atoms with Crippen molar-refractivity contribution in [3.8, 4) is 0 Å². The molecule has 2 N–H and O–H groups in total. The predicted molar refractivity (Wildman–Crippen MR) is 157 cm³/mol. The lowest BCUT2D eigenvalue weighted by molar-refractivity contribution is -0.149. The van der Waals surface area contributed by atoms with E-state index >= 15 is 0 Å². The number of allylic oxidation sites excluding steroid dienone is 3. The molecule has 2 saturated heterocycles. The van der Waals surface area contributed by atoms with Crippen molar-refractivity contribution in [2.45, 2.75) is 71.3 Å². The molecule has 2 aliphatic heterocycles. The quantitative estimate of drug-likeness (QED) is 0.244. The third-order valence-electron chi connectivity index (χ3n) is 10.1. The van der Waals surface area contributed by atoms with Gasteiger partial charge in [-0.15, -0.1) is 0 Å². The monoisotopic (exact) mass is 570 g/mol. The summed E-state index contributed by atoms with van der Waals surface area (Å²) in [5.74, 6) is -2.80. The molecular formula is C34H38N2O6. The number of hydrogen-bond donors (Lipinski definition) is 2. The molecule has 4 aliphatic rings. The van der Waals surface area contributed by atoms with Crippen molar-refractivity contribution in [1.82, 2.24) is 10.3 Å². The predicted octanol–water partition coefficient (Wildman–Crippen LogP) is 4.40. The largest absolute Gasteiger partial charge is 0.450 e. The summed E-state index contributed by atoms with van der Waals surface area (Å²) < 4.78 is 11.7. The van der Waals surface area contributed by atoms with E-state index in [2.05, 4.69) is 30.2 Å². The number of rotatable bonds is 3. The number of aromatic nitrogens is 1. The van der Waals surface area contributed by atoms with Gasteiger partial charge in [0.05, 0.1) is 11.7 Å². The van der Waals surface area contributed by atoms with Gasteiger partial charge in [-0.05, 0) is 67.9 Å². The van der Waals surface area contributed by atoms with Crippen molar-refractivity contribution in [1.29, 1.82) is 0 Å². The molecule has 1 spiro atoms. The Kier molecular flexibility index (Phi) is 6.88. The molecule has 1 aromatic carbocycles. The molecule has 8 heteroatoms. The highest BCUT2D eigenvalue weighted by molar-refractivity contribution is 6.15. The number of para-hydroxylation sites is 1. The van der Waals surface area contributed by atoms with Crippen molar-refractivity contribution >= 4 is 34.3 Å². The topological polar surface area (TPSA) is 118 Å². The van der Waals surface area contributed by atoms with Crippen LogP contribution in [-0.2, 0) is 35.1 Å². The Hall–Kier alpha value is -3.78. The molecule has 2 aromatic rings. The molecular weight excluding hydrogens is 532 g/mol. The summed E-state index contributed by atoms with van der Waals surface area (Å²) in [5.41, 5.74) is 0.774. The second kappa shape index (κ2) is 10.2. The Morgan fingerprint density at radius 3 is 2.67 bits per heavy atom. The standard InChI is InChI=1S/C34H38N2O6/c1-18-9-8-11-24-31-33(5,42-31)20(3)29-26(16-22-17-35-25-12-7-6-10-23(22)25)36-32(40)34(24,29)28(39)14-13-27(38)30(19(2)15-18)41-21(4)37/h6-8,10-15,17-18,20,24,26,29-31,35H,9,16H2,1-5H3,(H,36,40)/b11-8-,14-13-,19-15-/t18-,20-,24-,26-,29-,30+,31-,33+,34+/m0/s1. The molecule has 6 rings (SSSR count). The number of nitrogens with one attached hydrogen (secondary N) is 2. The van der Waals surface area contributed by atoms with Crippen molar-refractivity contribution in [2.75, 3.05) is 0 Å². The lowest BCUT2D eigenvalue weighted by Gasteiger charge is -2.45. The van der Waals surface area contributed by atoms with E-state index in [-0.39, 0.29) is 35.8 Å². The van der Waals surface area contributed by atoms with Crippen LogP contribution in [-0.4, -0.2) is 52.3 Å². The first-order valence-corrected chi connectivity index (χ1v) is 14.8. The van der Waals surface area contributed by atoms with E-state index in [4.69, 9.17) is 9.47 Å². The number of amides is 1. The third kappa shape index (κ3) is 4.30. The molecule has 9 atom stereocenters. The zero-order chi connectivity index (χ0) is 30.0. The Balaban J connectivity index is 1.45. The van der Waals surface area contributed by atoms with Crippen LogP contribution >= 0.6 is 0 Å². The molecule has 3 heterocycles. The first-order valence-electron chi connectivity index (χ1n) is 14.8. The molecule has 1 saturated carbocycles. The van der Waals surface area contributed by atoms with E-state index in [1.54, 1.807) is 6.92 Å². The lowest BCUT2D eigenvalue weighted by atomic mass is 9.51. The second-order valence-corrected chi connectivity index (χ2v) is 12.7. The van der Waals surface area contributed by atoms with Gasteiger partial charge >= 0.3 is 5.97 Å². The molecule has 0 unspecified atom stereocenters. The fourth-order valence-corrected chi connectivity index (χ4v) is 7.97. The van der Waals surface area contributed by atoms with Crippen LogP contribution in [0, 0.1) is 29.1 Å². The van der Waals surface area contributed by atoms with Gasteiger partial charge in [0.2, 0.25) is 11.7 Å². The number of fused-ring (bicyclic) bond motifs is 3. The highest BCUT2D eigenvalue weighted by Crippen LogP contribution is 2.66. The van der Waals surface area contributed by atoms with Crippen LogP contribution in [0.15, 0.2) is 66.4 Å². The van der Waals surface area contributed by atoms with Gasteiger partial charge < -0.3 is 19.8 Å². The second-order valence-electron chi connectivity index (χ2n) is 12.7. The van der Waals surface area contributed by atoms with Crippen LogP contribution in [0.4, 0.5) is 0 Å². The minimum absolute atomic E-state index is 0.0281. The fraction of sp³-hybridized carbons (Fsp3) is 0.471. The van der Waals surface area contributed by atoms with Crippen molar-refractivity contribution in [2.24, 2.45) is 29.1 Å². The normalized spacial score (nSPS) is 40.6. The highest BCUT2D eigenvalue weighted by atomic mass is 16.6. The van der Waals surface area contributed by atoms with Crippen LogP contribution < -0.4 is 5.32 Å². The maximum atomic E-state index is 14.4. The maximum Gasteiger partial charge on any atom is 0.303 e. The molecule has 220 valence electrons. The van der Waals surface area contributed by atoms with Gasteiger partial charge in [-0.3, -0.25) is 19.2 Å². The van der Waals surface area contributed by atoms with Gasteiger partial charge in [0, 0.05) is 41.9 Å². The first kappa shape index (κ1) is 28.3. The van der Waals surface area contributed by atoms with Gasteiger partial charge in [-0.2, -0.15) is 0 Å². The lowest BCUT2D eigenvalue weighted by Crippen LogP contribution is -2.58. The van der Waals surface area contributed by atoms with Gasteiger partial charge in [0.15, 0.2) is 11.9 Å². The van der Waals surface area contributed by atoms with Gasteiger partial charge in [-0.25, -0.2) is 0 Å². The number of esters is 1. The number of aromatic amines is 1. The number of carbonyl (C=O) groups excluding carboxylic acids is 4. The smallest absolute Gasteiger partial charge is 0.303 e. The number of hydrogen-bond acceptors (Lipinski definition) is 6. The van der Waals surface area contributed by atoms with Crippen molar-refractivity contribution < 1.29 is 28.7 Å². The van der Waals surface area contributed by atoms with Crippen LogP contribution in [0.2, 0.25) is 0 Å². The highest BCUT2D eigenvalue weighted by Gasteiger charge is 2.78. The SMILES string of the molecule is CC(=O)O[C@H]1C(=O)/C=C\C(=O)[C@@]23C(=O)N[C@@H](Cc4c[nH]c5ccccc45)[C@@H]2[C@H](C)[C@@]2(C)O[C@H]2[C@@H]3/C=C\C[C@H](C)/C=C\1C. The summed E-state index contributed by atoms with van der Waals surface area (Å²) in [5, 5.41) is 4.32. The molecule has 3 fully saturated rings. The number of H-pyrrole nitrogens is 1. The average molecular weight is 571 g/mol. The Morgan fingerprint density at radius 1 is 1.14 bits per heavy atom. The third-order valence-corrected chi connectivity index (χ3v) is 10.1. The minimum atomic E-state index is -1.44. The van der Waals surface area contributed by atoms with Crippen LogP contribution in [0.1, 0.15) is 46.6 Å². The van der Waals surface area contributed by atoms with E-state index in [1.165, 1.54) is 19.1 Å². The Labute approximate surface area is 245 Å². The van der Waals surface area contributed by atoms with Crippen LogP contribution in [0.3, 0.4) is 0 Å². The average Bonchev–Trinajstić information content (AvgIpc) is 3.35. The van der Waals surface area contributed by atoms with Gasteiger partial charge in [0.1, 0.15) is 5.41 Å². The van der Waals surface area contributed by atoms with E-state index in [9.17, 15) is 19.2 Å². The molecule has 2 aliphatic carbocycles. The number of carbonyl (C=O) groups is 4. The summed E-state index contributed by atoms with van der Waals surface area (Å²) in [7, 11) is 0. The summed E-state index contributed by atoms with van der Waals surface area (Å²) in [6.07, 6.45) is 10.1. The molecule has 0 bridgehead atoms. The molecule has 0 radical (unpaired) electrons. The number of ether oxygens (including phenoxy) is 2. The van der Waals surface area contributed by atoms with E-state index in [0.29, 0.717) is 18.4 Å². The van der Waals surface area contributed by atoms with Gasteiger partial charge in [0.25, 0.3) is 0 Å². The molecule has 8 nitrogen and oxygen atoms in total. The van der Waals surface area contributed by atoms with E-state index in [0.717, 1.165) is 16.5 Å². The summed E-state index contributed by atoms with van der Waals surface area (Å²) in [6.45, 7) is 9.17. The number of epoxide rings is 1. The zero-order valence-corrected chi connectivity index (χ0v) is 24.7. The molecule has 1 aromatic heterocycles. The molecule has 1 amide bonds. The van der Waals surface area contributed by atoms with Crippen LogP contribution in [0.5, 0.6) is 0 Å². The van der Waals surface area contributed by atoms with Crippen LogP contribution in [0.25, 0.3) is 10.9 Å².